The monoisotopic (exact) mass is 392 g/mol. The van der Waals surface area contributed by atoms with E-state index in [1.165, 1.54) is 5.56 Å². The van der Waals surface area contributed by atoms with Gasteiger partial charge in [-0.15, -0.1) is 0 Å². The van der Waals surface area contributed by atoms with E-state index < -0.39 is 0 Å². The molecule has 1 fully saturated rings. The molecule has 28 heavy (non-hydrogen) atoms. The Kier molecular flexibility index (Phi) is 4.40. The molecular formula is C20H20N6OS. The van der Waals surface area contributed by atoms with Gasteiger partial charge in [0.15, 0.2) is 10.8 Å². The molecule has 3 heterocycles. The summed E-state index contributed by atoms with van der Waals surface area (Å²) in [5, 5.41) is 17.0. The number of thiazole rings is 1. The number of oxime groups is 1. The first-order valence-corrected chi connectivity index (χ1v) is 10.2. The lowest BCUT2D eigenvalue weighted by Gasteiger charge is -2.23. The Bertz CT molecular complexity index is 1160. The highest BCUT2D eigenvalue weighted by molar-refractivity contribution is 7.22. The van der Waals surface area contributed by atoms with Crippen LogP contribution in [0.3, 0.4) is 0 Å². The largest absolute Gasteiger partial charge is 0.411 e. The van der Waals surface area contributed by atoms with Gasteiger partial charge in [0.05, 0.1) is 34.8 Å². The van der Waals surface area contributed by atoms with Crippen molar-refractivity contribution in [2.45, 2.75) is 38.3 Å². The van der Waals surface area contributed by atoms with E-state index in [1.54, 1.807) is 17.5 Å². The summed E-state index contributed by atoms with van der Waals surface area (Å²) in [7, 11) is 0. The van der Waals surface area contributed by atoms with Gasteiger partial charge in [-0.2, -0.15) is 0 Å². The molecule has 1 aromatic carbocycles. The molecule has 4 aromatic rings. The Morgan fingerprint density at radius 2 is 2.18 bits per heavy atom. The molecule has 3 aromatic heterocycles. The number of imidazole rings is 1. The lowest BCUT2D eigenvalue weighted by molar-refractivity contribution is 0.313. The fraction of sp³-hybridized carbons (Fsp3) is 0.300. The smallest absolute Gasteiger partial charge is 0.184 e. The van der Waals surface area contributed by atoms with Crippen molar-refractivity contribution < 1.29 is 5.21 Å². The number of rotatable bonds is 4. The second kappa shape index (κ2) is 7.20. The Morgan fingerprint density at radius 1 is 1.21 bits per heavy atom. The van der Waals surface area contributed by atoms with E-state index in [1.807, 2.05) is 18.5 Å². The third kappa shape index (κ3) is 3.20. The quantitative estimate of drug-likeness (QED) is 0.400. The number of pyridine rings is 1. The molecule has 0 radical (unpaired) electrons. The molecule has 0 spiro atoms. The van der Waals surface area contributed by atoms with Crippen LogP contribution in [0.5, 0.6) is 0 Å². The minimum Gasteiger partial charge on any atom is -0.411 e. The van der Waals surface area contributed by atoms with Crippen LogP contribution < -0.4 is 5.32 Å². The zero-order valence-corrected chi connectivity index (χ0v) is 16.1. The van der Waals surface area contributed by atoms with Crippen molar-refractivity contribution in [3.63, 3.8) is 0 Å². The van der Waals surface area contributed by atoms with Crippen LogP contribution in [0.2, 0.25) is 0 Å². The summed E-state index contributed by atoms with van der Waals surface area (Å²) < 4.78 is 3.19. The van der Waals surface area contributed by atoms with Crippen molar-refractivity contribution in [1.82, 2.24) is 19.5 Å². The van der Waals surface area contributed by atoms with E-state index in [0.29, 0.717) is 6.54 Å². The molecule has 1 aliphatic rings. The fourth-order valence-electron chi connectivity index (χ4n) is 3.76. The topological polar surface area (TPSA) is 88.2 Å². The highest BCUT2D eigenvalue weighted by Crippen LogP contribution is 2.29. The fourth-order valence-corrected chi connectivity index (χ4v) is 4.74. The van der Waals surface area contributed by atoms with E-state index >= 15 is 0 Å². The van der Waals surface area contributed by atoms with Gasteiger partial charge in [-0.3, -0.25) is 0 Å². The lowest BCUT2D eigenvalue weighted by Crippen LogP contribution is -2.32. The Morgan fingerprint density at radius 3 is 3.11 bits per heavy atom. The summed E-state index contributed by atoms with van der Waals surface area (Å²) in [6, 6.07) is 10.3. The first kappa shape index (κ1) is 17.1. The molecule has 0 saturated heterocycles. The normalized spacial score (nSPS) is 18.9. The van der Waals surface area contributed by atoms with Crippen LogP contribution >= 0.6 is 11.3 Å². The van der Waals surface area contributed by atoms with Gasteiger partial charge in [-0.25, -0.2) is 15.0 Å². The minimum atomic E-state index is 0.0715. The van der Waals surface area contributed by atoms with Gasteiger partial charge in [0.25, 0.3) is 0 Å². The zero-order valence-electron chi connectivity index (χ0n) is 15.2. The average Bonchev–Trinajstić information content (AvgIpc) is 3.32. The first-order chi connectivity index (χ1) is 13.8. The van der Waals surface area contributed by atoms with Crippen LogP contribution in [-0.2, 0) is 6.54 Å². The molecular weight excluding hydrogens is 372 g/mol. The predicted molar refractivity (Wildman–Crippen MR) is 111 cm³/mol. The summed E-state index contributed by atoms with van der Waals surface area (Å²) in [5.74, 6) is 0. The van der Waals surface area contributed by atoms with Crippen molar-refractivity contribution in [3.8, 4) is 0 Å². The van der Waals surface area contributed by atoms with E-state index in [0.717, 1.165) is 57.9 Å². The second-order valence-electron chi connectivity index (χ2n) is 7.07. The minimum absolute atomic E-state index is 0.0715. The average molecular weight is 392 g/mol. The molecule has 0 unspecified atom stereocenters. The summed E-state index contributed by atoms with van der Waals surface area (Å²) in [6.07, 6.45) is 7.66. The van der Waals surface area contributed by atoms with Gasteiger partial charge in [0.2, 0.25) is 0 Å². The summed E-state index contributed by atoms with van der Waals surface area (Å²) in [6.45, 7) is 0.716. The van der Waals surface area contributed by atoms with Crippen molar-refractivity contribution >= 4 is 43.6 Å². The lowest BCUT2D eigenvalue weighted by atomic mass is 9.93. The van der Waals surface area contributed by atoms with Gasteiger partial charge in [-0.1, -0.05) is 29.0 Å². The van der Waals surface area contributed by atoms with Crippen LogP contribution in [0.4, 0.5) is 5.13 Å². The molecule has 2 N–H and O–H groups in total. The summed E-state index contributed by atoms with van der Waals surface area (Å²) in [5.41, 5.74) is 4.78. The maximum absolute atomic E-state index is 9.23. The molecule has 142 valence electrons. The number of hydrogen-bond donors (Lipinski definition) is 2. The zero-order chi connectivity index (χ0) is 18.9. The number of hydrogen-bond acceptors (Lipinski definition) is 7. The van der Waals surface area contributed by atoms with Crippen LogP contribution in [0, 0.1) is 0 Å². The van der Waals surface area contributed by atoms with Crippen LogP contribution in [-0.4, -0.2) is 36.5 Å². The number of fused-ring (bicyclic) bond motifs is 2. The molecule has 1 aliphatic carbocycles. The maximum Gasteiger partial charge on any atom is 0.184 e. The molecule has 0 aliphatic heterocycles. The van der Waals surface area contributed by atoms with Crippen molar-refractivity contribution in [1.29, 1.82) is 0 Å². The molecule has 0 amide bonds. The van der Waals surface area contributed by atoms with E-state index in [4.69, 9.17) is 4.98 Å². The number of aromatic nitrogens is 4. The SMILES string of the molecule is ON=C1CCCC[C@H]1Nc1nc2ccc(Cn3cnc4cccnc43)cc2s1. The third-order valence-electron chi connectivity index (χ3n) is 5.18. The van der Waals surface area contributed by atoms with Crippen LogP contribution in [0.1, 0.15) is 31.2 Å². The van der Waals surface area contributed by atoms with Gasteiger partial charge in [0.1, 0.15) is 5.52 Å². The summed E-state index contributed by atoms with van der Waals surface area (Å²) in [4.78, 5) is 13.5. The highest BCUT2D eigenvalue weighted by Gasteiger charge is 2.22. The Balaban J connectivity index is 1.39. The summed E-state index contributed by atoms with van der Waals surface area (Å²) >= 11 is 1.63. The highest BCUT2D eigenvalue weighted by atomic mass is 32.1. The number of nitrogens with zero attached hydrogens (tertiary/aromatic N) is 5. The van der Waals surface area contributed by atoms with Crippen molar-refractivity contribution in [2.75, 3.05) is 5.32 Å². The van der Waals surface area contributed by atoms with Gasteiger partial charge in [-0.05, 0) is 49.1 Å². The van der Waals surface area contributed by atoms with Gasteiger partial charge >= 0.3 is 0 Å². The second-order valence-corrected chi connectivity index (χ2v) is 8.10. The molecule has 0 bridgehead atoms. The molecule has 8 heteroatoms. The predicted octanol–water partition coefficient (Wildman–Crippen LogP) is 4.27. The number of nitrogens with one attached hydrogen (secondary N) is 1. The third-order valence-corrected chi connectivity index (χ3v) is 6.13. The molecule has 1 saturated carbocycles. The number of benzene rings is 1. The van der Waals surface area contributed by atoms with Gasteiger partial charge in [0, 0.05) is 6.20 Å². The van der Waals surface area contributed by atoms with E-state index in [9.17, 15) is 5.21 Å². The molecule has 5 rings (SSSR count). The van der Waals surface area contributed by atoms with E-state index in [2.05, 4.69) is 43.2 Å². The van der Waals surface area contributed by atoms with Crippen molar-refractivity contribution in [3.05, 3.63) is 48.4 Å². The standard InChI is InChI=1S/C20H20N6OS/c27-25-15-5-2-1-4-14(15)23-20-24-16-8-7-13(10-18(16)28-20)11-26-12-22-17-6-3-9-21-19(17)26/h3,6-10,12,14,27H,1-2,4-5,11H2,(H,23,24)/t14-/m1/s1. The Labute approximate surface area is 165 Å². The molecule has 7 nitrogen and oxygen atoms in total. The Hall–Kier alpha value is -3.00. The molecule has 1 atom stereocenters. The van der Waals surface area contributed by atoms with Crippen LogP contribution in [0.25, 0.3) is 21.4 Å². The first-order valence-electron chi connectivity index (χ1n) is 9.43. The van der Waals surface area contributed by atoms with E-state index in [-0.39, 0.29) is 6.04 Å². The maximum atomic E-state index is 9.23. The van der Waals surface area contributed by atoms with Gasteiger partial charge < -0.3 is 15.1 Å². The van der Waals surface area contributed by atoms with Crippen LogP contribution in [0.15, 0.2) is 48.0 Å². The van der Waals surface area contributed by atoms with Crippen molar-refractivity contribution in [2.24, 2.45) is 5.16 Å². The number of anilines is 1.